The Labute approximate surface area is 167 Å². The van der Waals surface area contributed by atoms with Crippen LogP contribution >= 0.6 is 47.2 Å². The number of halogens is 2. The topological polar surface area (TPSA) is 41.1 Å². The van der Waals surface area contributed by atoms with E-state index >= 15 is 0 Å². The van der Waals surface area contributed by atoms with Crippen LogP contribution in [0.1, 0.15) is 19.4 Å². The van der Waals surface area contributed by atoms with Crippen molar-refractivity contribution in [2.24, 2.45) is 5.92 Å². The summed E-state index contributed by atoms with van der Waals surface area (Å²) in [6.07, 6.45) is 0. The zero-order valence-corrected chi connectivity index (χ0v) is 17.0. The van der Waals surface area contributed by atoms with Crippen molar-refractivity contribution in [2.75, 3.05) is 10.6 Å². The molecule has 0 saturated heterocycles. The van der Waals surface area contributed by atoms with Crippen LogP contribution in [0, 0.1) is 5.92 Å². The third kappa shape index (κ3) is 6.19. The van der Waals surface area contributed by atoms with E-state index in [1.807, 2.05) is 44.2 Å². The smallest absolute Gasteiger partial charge is 0.226 e. The van der Waals surface area contributed by atoms with Crippen molar-refractivity contribution < 1.29 is 4.79 Å². The third-order valence-electron chi connectivity index (χ3n) is 3.31. The van der Waals surface area contributed by atoms with Gasteiger partial charge in [-0.3, -0.25) is 4.79 Å². The van der Waals surface area contributed by atoms with Crippen molar-refractivity contribution in [3.8, 4) is 0 Å². The number of benzene rings is 2. The fourth-order valence-corrected chi connectivity index (χ4v) is 3.68. The minimum absolute atomic E-state index is 0.0255. The molecule has 0 aromatic heterocycles. The number of thioether (sulfide) groups is 1. The number of carbonyl (C=O) groups is 1. The Kier molecular flexibility index (Phi) is 7.56. The Morgan fingerprint density at radius 3 is 2.24 bits per heavy atom. The molecular formula is C18H18Cl2N2OS2. The average molecular weight is 413 g/mol. The Hall–Kier alpha value is -1.27. The van der Waals surface area contributed by atoms with E-state index in [9.17, 15) is 4.79 Å². The lowest BCUT2D eigenvalue weighted by Gasteiger charge is -2.12. The highest BCUT2D eigenvalue weighted by atomic mass is 35.5. The van der Waals surface area contributed by atoms with Crippen LogP contribution in [0.15, 0.2) is 42.5 Å². The van der Waals surface area contributed by atoms with Gasteiger partial charge >= 0.3 is 0 Å². The molecule has 3 nitrogen and oxygen atoms in total. The average Bonchev–Trinajstić information content (AvgIpc) is 2.54. The molecule has 25 heavy (non-hydrogen) atoms. The van der Waals surface area contributed by atoms with Gasteiger partial charge in [-0.25, -0.2) is 0 Å². The molecule has 2 aromatic carbocycles. The lowest BCUT2D eigenvalue weighted by Crippen LogP contribution is -2.17. The summed E-state index contributed by atoms with van der Waals surface area (Å²) in [5, 5.41) is 7.27. The number of hydrogen-bond donors (Lipinski definition) is 2. The Balaban J connectivity index is 1.95. The van der Waals surface area contributed by atoms with Gasteiger partial charge in [-0.2, -0.15) is 0 Å². The summed E-state index contributed by atoms with van der Waals surface area (Å²) < 4.78 is 0.600. The second kappa shape index (κ2) is 9.43. The van der Waals surface area contributed by atoms with Crippen LogP contribution in [-0.2, 0) is 10.5 Å². The van der Waals surface area contributed by atoms with E-state index in [4.69, 9.17) is 35.4 Å². The maximum Gasteiger partial charge on any atom is 0.226 e. The van der Waals surface area contributed by atoms with E-state index in [-0.39, 0.29) is 11.8 Å². The van der Waals surface area contributed by atoms with E-state index in [1.54, 1.807) is 12.1 Å². The van der Waals surface area contributed by atoms with Crippen LogP contribution < -0.4 is 10.6 Å². The first-order valence-electron chi connectivity index (χ1n) is 7.64. The molecule has 0 radical (unpaired) electrons. The number of carbonyl (C=O) groups excluding carboxylic acids is 1. The highest BCUT2D eigenvalue weighted by Gasteiger charge is 2.09. The molecule has 0 saturated carbocycles. The number of amides is 1. The number of hydrogen-bond acceptors (Lipinski definition) is 3. The molecule has 0 atom stereocenters. The Morgan fingerprint density at radius 1 is 1.08 bits per heavy atom. The summed E-state index contributed by atoms with van der Waals surface area (Å²) in [6.45, 7) is 3.70. The van der Waals surface area contributed by atoms with E-state index in [0.29, 0.717) is 20.1 Å². The lowest BCUT2D eigenvalue weighted by molar-refractivity contribution is -0.118. The van der Waals surface area contributed by atoms with Crippen LogP contribution in [-0.4, -0.2) is 10.2 Å². The molecule has 2 rings (SSSR count). The molecule has 0 aliphatic rings. The van der Waals surface area contributed by atoms with E-state index in [0.717, 1.165) is 16.9 Å². The van der Waals surface area contributed by atoms with Crippen LogP contribution in [0.3, 0.4) is 0 Å². The molecule has 132 valence electrons. The van der Waals surface area contributed by atoms with Gasteiger partial charge in [0.15, 0.2) is 0 Å². The van der Waals surface area contributed by atoms with Gasteiger partial charge in [0, 0.05) is 33.1 Å². The second-order valence-electron chi connectivity index (χ2n) is 5.63. The predicted octanol–water partition coefficient (Wildman–Crippen LogP) is 6.22. The molecule has 7 heteroatoms. The van der Waals surface area contributed by atoms with Crippen molar-refractivity contribution in [1.29, 1.82) is 0 Å². The van der Waals surface area contributed by atoms with Gasteiger partial charge in [0.1, 0.15) is 4.32 Å². The van der Waals surface area contributed by atoms with Gasteiger partial charge in [-0.15, -0.1) is 0 Å². The minimum Gasteiger partial charge on any atom is -0.341 e. The molecular weight excluding hydrogens is 395 g/mol. The summed E-state index contributed by atoms with van der Waals surface area (Å²) in [5.74, 6) is 0.477. The van der Waals surface area contributed by atoms with Crippen molar-refractivity contribution in [3.05, 3.63) is 58.1 Å². The van der Waals surface area contributed by atoms with Gasteiger partial charge in [0.05, 0.1) is 0 Å². The van der Waals surface area contributed by atoms with Gasteiger partial charge in [0.25, 0.3) is 0 Å². The maximum absolute atomic E-state index is 11.8. The quantitative estimate of drug-likeness (QED) is 0.571. The normalized spacial score (nSPS) is 10.6. The third-order valence-corrected chi connectivity index (χ3v) is 5.27. The van der Waals surface area contributed by atoms with Crippen molar-refractivity contribution >= 4 is 68.8 Å². The summed E-state index contributed by atoms with van der Waals surface area (Å²) in [4.78, 5) is 11.8. The summed E-state index contributed by atoms with van der Waals surface area (Å²) in [6, 6.07) is 12.9. The molecule has 0 unspecified atom stereocenters. The van der Waals surface area contributed by atoms with Gasteiger partial charge in [-0.1, -0.05) is 73.2 Å². The largest absolute Gasteiger partial charge is 0.341 e. The number of nitrogens with one attached hydrogen (secondary N) is 2. The van der Waals surface area contributed by atoms with Crippen LogP contribution in [0.4, 0.5) is 11.4 Å². The molecule has 2 N–H and O–H groups in total. The lowest BCUT2D eigenvalue weighted by atomic mass is 10.2. The molecule has 2 aromatic rings. The SMILES string of the molecule is CC(C)C(=O)Nc1cccc(NC(=S)SCc2c(Cl)cccc2Cl)c1. The molecule has 0 aliphatic heterocycles. The van der Waals surface area contributed by atoms with Crippen molar-refractivity contribution in [1.82, 2.24) is 0 Å². The van der Waals surface area contributed by atoms with Gasteiger partial charge in [0.2, 0.25) is 5.91 Å². The number of anilines is 2. The fraction of sp³-hybridized carbons (Fsp3) is 0.222. The monoisotopic (exact) mass is 412 g/mol. The molecule has 0 fully saturated rings. The molecule has 0 spiro atoms. The van der Waals surface area contributed by atoms with E-state index < -0.39 is 0 Å². The number of rotatable bonds is 5. The first-order valence-corrected chi connectivity index (χ1v) is 9.79. The van der Waals surface area contributed by atoms with Crippen LogP contribution in [0.5, 0.6) is 0 Å². The summed E-state index contributed by atoms with van der Waals surface area (Å²) >= 11 is 19.1. The zero-order chi connectivity index (χ0) is 18.4. The Morgan fingerprint density at radius 2 is 1.64 bits per heavy atom. The predicted molar refractivity (Wildman–Crippen MR) is 114 cm³/mol. The van der Waals surface area contributed by atoms with Crippen molar-refractivity contribution in [3.63, 3.8) is 0 Å². The minimum atomic E-state index is -0.0754. The summed E-state index contributed by atoms with van der Waals surface area (Å²) in [7, 11) is 0. The van der Waals surface area contributed by atoms with Gasteiger partial charge < -0.3 is 10.6 Å². The molecule has 0 bridgehead atoms. The fourth-order valence-electron chi connectivity index (χ4n) is 1.92. The van der Waals surface area contributed by atoms with Crippen LogP contribution in [0.2, 0.25) is 10.0 Å². The van der Waals surface area contributed by atoms with Crippen molar-refractivity contribution in [2.45, 2.75) is 19.6 Å². The highest BCUT2D eigenvalue weighted by Crippen LogP contribution is 2.29. The molecule has 1 amide bonds. The summed E-state index contributed by atoms with van der Waals surface area (Å²) in [5.41, 5.74) is 2.40. The first kappa shape index (κ1) is 20.0. The zero-order valence-electron chi connectivity index (χ0n) is 13.8. The molecule has 0 heterocycles. The first-order chi connectivity index (χ1) is 11.9. The molecule has 0 aliphatic carbocycles. The van der Waals surface area contributed by atoms with E-state index in [1.165, 1.54) is 11.8 Å². The van der Waals surface area contributed by atoms with Gasteiger partial charge in [-0.05, 0) is 35.9 Å². The van der Waals surface area contributed by atoms with E-state index in [2.05, 4.69) is 10.6 Å². The standard InChI is InChI=1S/C18H18Cl2N2OS2/c1-11(2)17(23)21-12-5-3-6-13(9-12)22-18(24)25-10-14-15(19)7-4-8-16(14)20/h3-9,11H,10H2,1-2H3,(H,21,23)(H,22,24). The second-order valence-corrected chi connectivity index (χ2v) is 8.09. The highest BCUT2D eigenvalue weighted by molar-refractivity contribution is 8.22. The van der Waals surface area contributed by atoms with Crippen LogP contribution in [0.25, 0.3) is 0 Å². The maximum atomic E-state index is 11.8. The number of thiocarbonyl (C=S) groups is 1. The Bertz CT molecular complexity index is 761.